The smallest absolute Gasteiger partial charge is 0.164 e. The first-order chi connectivity index (χ1) is 10.1. The van der Waals surface area contributed by atoms with Gasteiger partial charge < -0.3 is 10.0 Å². The summed E-state index contributed by atoms with van der Waals surface area (Å²) in [7, 11) is 1.90. The van der Waals surface area contributed by atoms with Gasteiger partial charge in [0.1, 0.15) is 0 Å². The van der Waals surface area contributed by atoms with Crippen molar-refractivity contribution in [2.75, 3.05) is 13.6 Å². The monoisotopic (exact) mass is 292 g/mol. The maximum Gasteiger partial charge on any atom is 0.164 e. The van der Waals surface area contributed by atoms with Gasteiger partial charge in [-0.1, -0.05) is 18.2 Å². The minimum Gasteiger partial charge on any atom is -0.388 e. The molecule has 0 bridgehead atoms. The van der Waals surface area contributed by atoms with Crippen LogP contribution in [-0.2, 0) is 6.54 Å². The summed E-state index contributed by atoms with van der Waals surface area (Å²) < 4.78 is 26.7. The van der Waals surface area contributed by atoms with E-state index in [0.717, 1.165) is 11.6 Å². The second-order valence-corrected chi connectivity index (χ2v) is 5.05. The average Bonchev–Trinajstić information content (AvgIpc) is 2.48. The molecule has 1 unspecified atom stereocenters. The summed E-state index contributed by atoms with van der Waals surface area (Å²) in [6, 6.07) is 7.67. The maximum atomic E-state index is 13.6. The molecule has 0 aliphatic rings. The predicted molar refractivity (Wildman–Crippen MR) is 76.5 cm³/mol. The highest BCUT2D eigenvalue weighted by Crippen LogP contribution is 2.22. The highest BCUT2D eigenvalue weighted by molar-refractivity contribution is 5.21. The van der Waals surface area contributed by atoms with Crippen LogP contribution in [0.1, 0.15) is 23.7 Å². The first-order valence-electron chi connectivity index (χ1n) is 6.77. The third-order valence-electron chi connectivity index (χ3n) is 3.30. The lowest BCUT2D eigenvalue weighted by atomic mass is 10.1. The van der Waals surface area contributed by atoms with Crippen molar-refractivity contribution in [1.29, 1.82) is 0 Å². The first-order valence-corrected chi connectivity index (χ1v) is 6.77. The van der Waals surface area contributed by atoms with Crippen LogP contribution < -0.4 is 0 Å². The molecule has 2 rings (SSSR count). The third-order valence-corrected chi connectivity index (χ3v) is 3.30. The number of halogens is 2. The Hall–Kier alpha value is -1.85. The molecule has 0 radical (unpaired) electrons. The number of rotatable bonds is 6. The fourth-order valence-electron chi connectivity index (χ4n) is 2.16. The summed E-state index contributed by atoms with van der Waals surface area (Å²) in [6.07, 6.45) is 2.80. The SMILES string of the molecule is CN(CCC(O)c1cccc(F)c1F)Cc1cccnc1. The zero-order valence-corrected chi connectivity index (χ0v) is 11.8. The zero-order chi connectivity index (χ0) is 15.2. The number of benzene rings is 1. The summed E-state index contributed by atoms with van der Waals surface area (Å²) in [5.41, 5.74) is 1.07. The van der Waals surface area contributed by atoms with E-state index in [9.17, 15) is 13.9 Å². The van der Waals surface area contributed by atoms with E-state index in [1.165, 1.54) is 12.1 Å². The maximum absolute atomic E-state index is 13.6. The lowest BCUT2D eigenvalue weighted by molar-refractivity contribution is 0.143. The van der Waals surface area contributed by atoms with Crippen LogP contribution in [-0.4, -0.2) is 28.6 Å². The van der Waals surface area contributed by atoms with E-state index in [1.807, 2.05) is 24.1 Å². The van der Waals surface area contributed by atoms with E-state index in [4.69, 9.17) is 0 Å². The normalized spacial score (nSPS) is 12.6. The molecular formula is C16H18F2N2O. The molecular weight excluding hydrogens is 274 g/mol. The molecule has 0 spiro atoms. The van der Waals surface area contributed by atoms with Gasteiger partial charge in [0, 0.05) is 31.0 Å². The van der Waals surface area contributed by atoms with E-state index >= 15 is 0 Å². The van der Waals surface area contributed by atoms with Crippen LogP contribution in [0.3, 0.4) is 0 Å². The summed E-state index contributed by atoms with van der Waals surface area (Å²) in [5.74, 6) is -1.91. The van der Waals surface area contributed by atoms with E-state index in [0.29, 0.717) is 19.5 Å². The van der Waals surface area contributed by atoms with Gasteiger partial charge in [-0.05, 0) is 31.2 Å². The molecule has 1 aromatic heterocycles. The number of aromatic nitrogens is 1. The summed E-state index contributed by atoms with van der Waals surface area (Å²) in [4.78, 5) is 6.03. The van der Waals surface area contributed by atoms with Crippen molar-refractivity contribution < 1.29 is 13.9 Å². The van der Waals surface area contributed by atoms with Crippen LogP contribution in [0.5, 0.6) is 0 Å². The van der Waals surface area contributed by atoms with E-state index < -0.39 is 17.7 Å². The van der Waals surface area contributed by atoms with Gasteiger partial charge in [-0.25, -0.2) is 8.78 Å². The molecule has 0 aliphatic heterocycles. The van der Waals surface area contributed by atoms with Crippen LogP contribution >= 0.6 is 0 Å². The van der Waals surface area contributed by atoms with E-state index in [2.05, 4.69) is 4.98 Å². The van der Waals surface area contributed by atoms with Crippen LogP contribution in [0, 0.1) is 11.6 Å². The molecule has 0 amide bonds. The van der Waals surface area contributed by atoms with Crippen LogP contribution in [0.25, 0.3) is 0 Å². The van der Waals surface area contributed by atoms with Crippen LogP contribution in [0.15, 0.2) is 42.7 Å². The Morgan fingerprint density at radius 1 is 1.24 bits per heavy atom. The number of nitrogens with zero attached hydrogens (tertiary/aromatic N) is 2. The van der Waals surface area contributed by atoms with Gasteiger partial charge in [0.2, 0.25) is 0 Å². The van der Waals surface area contributed by atoms with Crippen molar-refractivity contribution in [3.8, 4) is 0 Å². The Balaban J connectivity index is 1.89. The molecule has 0 saturated carbocycles. The highest BCUT2D eigenvalue weighted by atomic mass is 19.2. The van der Waals surface area contributed by atoms with Crippen molar-refractivity contribution >= 4 is 0 Å². The van der Waals surface area contributed by atoms with E-state index in [1.54, 1.807) is 12.4 Å². The Kier molecular flexibility index (Phi) is 5.36. The van der Waals surface area contributed by atoms with Crippen molar-refractivity contribution in [1.82, 2.24) is 9.88 Å². The second kappa shape index (κ2) is 7.24. The quantitative estimate of drug-likeness (QED) is 0.889. The fraction of sp³-hybridized carbons (Fsp3) is 0.312. The Bertz CT molecular complexity index is 578. The largest absolute Gasteiger partial charge is 0.388 e. The third kappa shape index (κ3) is 4.31. The van der Waals surface area contributed by atoms with Gasteiger partial charge in [0.05, 0.1) is 6.10 Å². The molecule has 1 atom stereocenters. The molecule has 112 valence electrons. The molecule has 1 aromatic carbocycles. The molecule has 0 fully saturated rings. The van der Waals surface area contributed by atoms with Crippen LogP contribution in [0.2, 0.25) is 0 Å². The molecule has 21 heavy (non-hydrogen) atoms. The molecule has 0 aliphatic carbocycles. The van der Waals surface area contributed by atoms with Gasteiger partial charge in [0.15, 0.2) is 11.6 Å². The van der Waals surface area contributed by atoms with E-state index in [-0.39, 0.29) is 5.56 Å². The fourth-order valence-corrected chi connectivity index (χ4v) is 2.16. The minimum absolute atomic E-state index is 0.00442. The summed E-state index contributed by atoms with van der Waals surface area (Å²) in [5, 5.41) is 10.00. The summed E-state index contributed by atoms with van der Waals surface area (Å²) in [6.45, 7) is 1.25. The topological polar surface area (TPSA) is 36.4 Å². The Morgan fingerprint density at radius 2 is 2.05 bits per heavy atom. The lowest BCUT2D eigenvalue weighted by Crippen LogP contribution is -2.21. The number of aliphatic hydroxyl groups excluding tert-OH is 1. The Morgan fingerprint density at radius 3 is 2.76 bits per heavy atom. The van der Waals surface area contributed by atoms with Gasteiger partial charge in [-0.15, -0.1) is 0 Å². The van der Waals surface area contributed by atoms with Crippen LogP contribution in [0.4, 0.5) is 8.78 Å². The van der Waals surface area contributed by atoms with Gasteiger partial charge in [-0.3, -0.25) is 4.98 Å². The minimum atomic E-state index is -1.02. The molecule has 2 aromatic rings. The molecule has 0 saturated heterocycles. The zero-order valence-electron chi connectivity index (χ0n) is 11.8. The van der Waals surface area contributed by atoms with Crippen molar-refractivity contribution in [2.45, 2.75) is 19.1 Å². The highest BCUT2D eigenvalue weighted by Gasteiger charge is 2.16. The van der Waals surface area contributed by atoms with Gasteiger partial charge >= 0.3 is 0 Å². The van der Waals surface area contributed by atoms with Crippen molar-refractivity contribution in [3.63, 3.8) is 0 Å². The number of pyridine rings is 1. The molecule has 1 heterocycles. The molecule has 1 N–H and O–H groups in total. The first kappa shape index (κ1) is 15.5. The number of aliphatic hydroxyl groups is 1. The average molecular weight is 292 g/mol. The number of hydrogen-bond donors (Lipinski definition) is 1. The van der Waals surface area contributed by atoms with Gasteiger partial charge in [-0.2, -0.15) is 0 Å². The van der Waals surface area contributed by atoms with Crippen molar-refractivity contribution in [3.05, 3.63) is 65.5 Å². The number of hydrogen-bond acceptors (Lipinski definition) is 3. The standard InChI is InChI=1S/C16H18F2N2O/c1-20(11-12-4-3-8-19-10-12)9-7-15(21)13-5-2-6-14(17)16(13)18/h2-6,8,10,15,21H,7,9,11H2,1H3. The Labute approximate surface area is 122 Å². The molecule has 3 nitrogen and oxygen atoms in total. The van der Waals surface area contributed by atoms with Crippen molar-refractivity contribution in [2.24, 2.45) is 0 Å². The van der Waals surface area contributed by atoms with Gasteiger partial charge in [0.25, 0.3) is 0 Å². The predicted octanol–water partition coefficient (Wildman–Crippen LogP) is 2.92. The molecule has 5 heteroatoms. The lowest BCUT2D eigenvalue weighted by Gasteiger charge is -2.19. The summed E-state index contributed by atoms with van der Waals surface area (Å²) >= 11 is 0. The second-order valence-electron chi connectivity index (χ2n) is 5.05.